The topological polar surface area (TPSA) is 66.8 Å². The molecule has 1 aromatic rings. The van der Waals surface area contributed by atoms with Crippen LogP contribution in [0, 0.1) is 0 Å². The molecule has 18 heavy (non-hydrogen) atoms. The minimum absolute atomic E-state index is 0.0866. The van der Waals surface area contributed by atoms with Crippen LogP contribution in [-0.4, -0.2) is 42.6 Å². The lowest BCUT2D eigenvalue weighted by molar-refractivity contribution is -0.129. The highest BCUT2D eigenvalue weighted by molar-refractivity contribution is 6.33. The van der Waals surface area contributed by atoms with Gasteiger partial charge in [0, 0.05) is 14.1 Å². The molecule has 1 N–H and O–H groups in total. The van der Waals surface area contributed by atoms with Crippen LogP contribution in [0.3, 0.4) is 0 Å². The molecule has 0 aliphatic rings. The number of benzene rings is 1. The van der Waals surface area contributed by atoms with Crippen LogP contribution in [0.25, 0.3) is 0 Å². The van der Waals surface area contributed by atoms with Gasteiger partial charge in [-0.25, -0.2) is 4.79 Å². The molecule has 5 nitrogen and oxygen atoms in total. The first-order chi connectivity index (χ1) is 8.43. The quantitative estimate of drug-likeness (QED) is 0.888. The molecule has 0 fully saturated rings. The molecule has 6 heteroatoms. The van der Waals surface area contributed by atoms with Gasteiger partial charge in [0.2, 0.25) is 5.91 Å². The molecule has 0 atom stereocenters. The van der Waals surface area contributed by atoms with E-state index in [0.29, 0.717) is 0 Å². The van der Waals surface area contributed by atoms with Gasteiger partial charge in [-0.05, 0) is 12.1 Å². The molecule has 0 saturated carbocycles. The second kappa shape index (κ2) is 6.26. The Balaban J connectivity index is 2.71. The Bertz CT molecular complexity index is 459. The van der Waals surface area contributed by atoms with E-state index in [1.54, 1.807) is 20.2 Å². The van der Waals surface area contributed by atoms with Crippen LogP contribution in [0.15, 0.2) is 18.2 Å². The zero-order valence-electron chi connectivity index (χ0n) is 10.1. The first-order valence-electron chi connectivity index (χ1n) is 5.28. The molecule has 1 amide bonds. The third-order valence-electron chi connectivity index (χ3n) is 2.26. The largest absolute Gasteiger partial charge is 0.492 e. The summed E-state index contributed by atoms with van der Waals surface area (Å²) >= 11 is 5.78. The molecule has 98 valence electrons. The third-order valence-corrected chi connectivity index (χ3v) is 2.58. The van der Waals surface area contributed by atoms with Gasteiger partial charge in [0.05, 0.1) is 18.1 Å². The fourth-order valence-electron chi connectivity index (χ4n) is 1.30. The highest BCUT2D eigenvalue weighted by Crippen LogP contribution is 2.26. The van der Waals surface area contributed by atoms with E-state index in [4.69, 9.17) is 21.4 Å². The number of amides is 1. The van der Waals surface area contributed by atoms with Crippen LogP contribution in [0.2, 0.25) is 5.02 Å². The SMILES string of the molecule is CN(C)C(=O)CCOc1cccc(Cl)c1C(=O)O. The van der Waals surface area contributed by atoms with E-state index in [2.05, 4.69) is 0 Å². The van der Waals surface area contributed by atoms with Crippen LogP contribution in [0.4, 0.5) is 0 Å². The fourth-order valence-corrected chi connectivity index (χ4v) is 1.55. The molecule has 0 heterocycles. The van der Waals surface area contributed by atoms with Crippen molar-refractivity contribution >= 4 is 23.5 Å². The number of aromatic carboxylic acids is 1. The van der Waals surface area contributed by atoms with E-state index in [1.165, 1.54) is 17.0 Å². The van der Waals surface area contributed by atoms with E-state index < -0.39 is 5.97 Å². The number of carboxylic acids is 1. The van der Waals surface area contributed by atoms with Gasteiger partial charge in [-0.3, -0.25) is 4.79 Å². The van der Waals surface area contributed by atoms with Crippen molar-refractivity contribution in [2.24, 2.45) is 0 Å². The van der Waals surface area contributed by atoms with Crippen molar-refractivity contribution in [3.63, 3.8) is 0 Å². The third kappa shape index (κ3) is 3.63. The Hall–Kier alpha value is -1.75. The summed E-state index contributed by atoms with van der Waals surface area (Å²) in [6, 6.07) is 4.58. The number of rotatable bonds is 5. The van der Waals surface area contributed by atoms with Gasteiger partial charge in [-0.1, -0.05) is 17.7 Å². The van der Waals surface area contributed by atoms with Crippen LogP contribution in [-0.2, 0) is 4.79 Å². The number of hydrogen-bond acceptors (Lipinski definition) is 3. The number of nitrogens with zero attached hydrogens (tertiary/aromatic N) is 1. The predicted molar refractivity (Wildman–Crippen MR) is 67.2 cm³/mol. The van der Waals surface area contributed by atoms with Crippen molar-refractivity contribution in [2.75, 3.05) is 20.7 Å². The summed E-state index contributed by atoms with van der Waals surface area (Å²) in [6.07, 6.45) is 0.179. The molecular formula is C12H14ClNO4. The van der Waals surface area contributed by atoms with Gasteiger partial charge in [-0.2, -0.15) is 0 Å². The molecular weight excluding hydrogens is 258 g/mol. The van der Waals surface area contributed by atoms with E-state index in [-0.39, 0.29) is 35.3 Å². The normalized spacial score (nSPS) is 9.94. The molecule has 1 aromatic carbocycles. The Morgan fingerprint density at radius 1 is 1.39 bits per heavy atom. The van der Waals surface area contributed by atoms with Crippen molar-refractivity contribution < 1.29 is 19.4 Å². The van der Waals surface area contributed by atoms with Crippen molar-refractivity contribution in [1.29, 1.82) is 0 Å². The van der Waals surface area contributed by atoms with Gasteiger partial charge in [0.15, 0.2) is 0 Å². The highest BCUT2D eigenvalue weighted by Gasteiger charge is 2.15. The van der Waals surface area contributed by atoms with Gasteiger partial charge in [0.25, 0.3) is 0 Å². The first-order valence-corrected chi connectivity index (χ1v) is 5.66. The lowest BCUT2D eigenvalue weighted by Crippen LogP contribution is -2.23. The maximum atomic E-state index is 11.3. The van der Waals surface area contributed by atoms with Crippen LogP contribution >= 0.6 is 11.6 Å². The standard InChI is InChI=1S/C12H14ClNO4/c1-14(2)10(15)6-7-18-9-5-3-4-8(13)11(9)12(16)17/h3-5H,6-7H2,1-2H3,(H,16,17). The highest BCUT2D eigenvalue weighted by atomic mass is 35.5. The first kappa shape index (κ1) is 14.3. The summed E-state index contributed by atoms with van der Waals surface area (Å²) in [4.78, 5) is 23.8. The molecule has 0 unspecified atom stereocenters. The van der Waals surface area contributed by atoms with Crippen LogP contribution < -0.4 is 4.74 Å². The van der Waals surface area contributed by atoms with Gasteiger partial charge in [0.1, 0.15) is 11.3 Å². The van der Waals surface area contributed by atoms with E-state index in [1.807, 2.05) is 0 Å². The maximum Gasteiger partial charge on any atom is 0.341 e. The van der Waals surface area contributed by atoms with Crippen LogP contribution in [0.1, 0.15) is 16.8 Å². The van der Waals surface area contributed by atoms with Crippen molar-refractivity contribution in [2.45, 2.75) is 6.42 Å². The molecule has 0 spiro atoms. The minimum Gasteiger partial charge on any atom is -0.492 e. The van der Waals surface area contributed by atoms with E-state index in [0.717, 1.165) is 0 Å². The number of carbonyl (C=O) groups excluding carboxylic acids is 1. The Labute approximate surface area is 110 Å². The minimum atomic E-state index is -1.16. The fraction of sp³-hybridized carbons (Fsp3) is 0.333. The van der Waals surface area contributed by atoms with Gasteiger partial charge >= 0.3 is 5.97 Å². The van der Waals surface area contributed by atoms with Crippen molar-refractivity contribution in [3.8, 4) is 5.75 Å². The molecule has 0 aliphatic carbocycles. The zero-order valence-corrected chi connectivity index (χ0v) is 10.9. The second-order valence-corrected chi connectivity index (χ2v) is 4.21. The molecule has 0 radical (unpaired) electrons. The van der Waals surface area contributed by atoms with E-state index in [9.17, 15) is 9.59 Å². The number of carbonyl (C=O) groups is 2. The average Bonchev–Trinajstić information content (AvgIpc) is 2.28. The van der Waals surface area contributed by atoms with Crippen molar-refractivity contribution in [3.05, 3.63) is 28.8 Å². The summed E-state index contributed by atoms with van der Waals surface area (Å²) < 4.78 is 5.29. The summed E-state index contributed by atoms with van der Waals surface area (Å²) in [6.45, 7) is 0.109. The molecule has 0 aromatic heterocycles. The van der Waals surface area contributed by atoms with Gasteiger partial charge in [-0.15, -0.1) is 0 Å². The molecule has 0 saturated heterocycles. The number of carboxylic acid groups (broad SMARTS) is 1. The maximum absolute atomic E-state index is 11.3. The second-order valence-electron chi connectivity index (χ2n) is 3.80. The monoisotopic (exact) mass is 271 g/mol. The van der Waals surface area contributed by atoms with E-state index >= 15 is 0 Å². The number of hydrogen-bond donors (Lipinski definition) is 1. The number of halogens is 1. The zero-order chi connectivity index (χ0) is 13.7. The summed E-state index contributed by atoms with van der Waals surface area (Å²) in [5.41, 5.74) is -0.0866. The predicted octanol–water partition coefficient (Wildman–Crippen LogP) is 1.90. The smallest absolute Gasteiger partial charge is 0.341 e. The molecule has 1 rings (SSSR count). The number of ether oxygens (including phenoxy) is 1. The lowest BCUT2D eigenvalue weighted by Gasteiger charge is -2.12. The summed E-state index contributed by atoms with van der Waals surface area (Å²) in [5, 5.41) is 9.11. The average molecular weight is 272 g/mol. The summed E-state index contributed by atoms with van der Waals surface area (Å²) in [7, 11) is 3.29. The Morgan fingerprint density at radius 3 is 2.61 bits per heavy atom. The Morgan fingerprint density at radius 2 is 2.06 bits per heavy atom. The van der Waals surface area contributed by atoms with Crippen molar-refractivity contribution in [1.82, 2.24) is 4.90 Å². The molecule has 0 bridgehead atoms. The van der Waals surface area contributed by atoms with Crippen LogP contribution in [0.5, 0.6) is 5.75 Å². The lowest BCUT2D eigenvalue weighted by atomic mass is 10.2. The molecule has 0 aliphatic heterocycles. The Kier molecular flexibility index (Phi) is 4.97. The summed E-state index contributed by atoms with van der Waals surface area (Å²) in [5.74, 6) is -1.08. The van der Waals surface area contributed by atoms with Gasteiger partial charge < -0.3 is 14.7 Å².